The van der Waals surface area contributed by atoms with E-state index < -0.39 is 0 Å². The number of benzene rings is 3. The van der Waals surface area contributed by atoms with Gasteiger partial charge in [0.1, 0.15) is 5.75 Å². The Hall–Kier alpha value is -3.46. The molecule has 0 saturated heterocycles. The van der Waals surface area contributed by atoms with Gasteiger partial charge in [-0.2, -0.15) is 0 Å². The number of para-hydroxylation sites is 1. The van der Waals surface area contributed by atoms with Gasteiger partial charge in [-0.15, -0.1) is 10.2 Å². The van der Waals surface area contributed by atoms with Crippen molar-refractivity contribution in [1.29, 1.82) is 0 Å². The number of anilines is 1. The van der Waals surface area contributed by atoms with Crippen LogP contribution in [0.2, 0.25) is 10.0 Å². The zero-order valence-corrected chi connectivity index (χ0v) is 20.8. The minimum Gasteiger partial charge on any atom is -0.495 e. The Morgan fingerprint density at radius 1 is 1.09 bits per heavy atom. The Morgan fingerprint density at radius 2 is 1.89 bits per heavy atom. The fourth-order valence-corrected chi connectivity index (χ4v) is 4.82. The van der Waals surface area contributed by atoms with Gasteiger partial charge in [0.05, 0.1) is 17.9 Å². The summed E-state index contributed by atoms with van der Waals surface area (Å²) in [7, 11) is 1.54. The number of aromatic nitrogens is 4. The van der Waals surface area contributed by atoms with Crippen molar-refractivity contribution in [2.45, 2.75) is 5.16 Å². The molecule has 0 atom stereocenters. The van der Waals surface area contributed by atoms with Gasteiger partial charge in [0.25, 0.3) is 0 Å². The second-order valence-corrected chi connectivity index (χ2v) is 9.34. The predicted molar refractivity (Wildman–Crippen MR) is 141 cm³/mol. The summed E-state index contributed by atoms with van der Waals surface area (Å²) >= 11 is 13.6. The van der Waals surface area contributed by atoms with Gasteiger partial charge >= 0.3 is 0 Å². The Morgan fingerprint density at radius 3 is 2.66 bits per heavy atom. The van der Waals surface area contributed by atoms with Gasteiger partial charge in [0, 0.05) is 39.1 Å². The monoisotopic (exact) mass is 523 g/mol. The molecule has 7 nitrogen and oxygen atoms in total. The maximum atomic E-state index is 12.7. The lowest BCUT2D eigenvalue weighted by atomic mass is 10.1. The summed E-state index contributed by atoms with van der Waals surface area (Å²) in [5.41, 5.74) is 3.33. The van der Waals surface area contributed by atoms with E-state index in [-0.39, 0.29) is 11.7 Å². The first-order valence-electron chi connectivity index (χ1n) is 10.6. The fourth-order valence-electron chi connectivity index (χ4n) is 3.69. The summed E-state index contributed by atoms with van der Waals surface area (Å²) in [5.74, 6) is 1.13. The van der Waals surface area contributed by atoms with E-state index in [4.69, 9.17) is 27.9 Å². The van der Waals surface area contributed by atoms with Crippen molar-refractivity contribution in [2.24, 2.45) is 0 Å². The highest BCUT2D eigenvalue weighted by Crippen LogP contribution is 2.33. The third-order valence-corrected chi connectivity index (χ3v) is 6.79. The number of nitrogens with zero attached hydrogens (tertiary/aromatic N) is 3. The molecule has 0 aliphatic carbocycles. The molecule has 0 unspecified atom stereocenters. The number of ether oxygens (including phenoxy) is 1. The van der Waals surface area contributed by atoms with Crippen LogP contribution in [0.5, 0.6) is 5.75 Å². The van der Waals surface area contributed by atoms with Crippen molar-refractivity contribution >= 4 is 57.5 Å². The van der Waals surface area contributed by atoms with Crippen LogP contribution >= 0.6 is 35.0 Å². The number of hydrogen-bond acceptors (Lipinski definition) is 5. The topological polar surface area (TPSA) is 84.8 Å². The molecular weight excluding hydrogens is 505 g/mol. The van der Waals surface area contributed by atoms with Crippen molar-refractivity contribution in [2.75, 3.05) is 18.2 Å². The maximum absolute atomic E-state index is 12.7. The predicted octanol–water partition coefficient (Wildman–Crippen LogP) is 6.46. The number of nitrogens with one attached hydrogen (secondary N) is 2. The van der Waals surface area contributed by atoms with Crippen molar-refractivity contribution in [3.8, 4) is 22.8 Å². The van der Waals surface area contributed by atoms with E-state index in [0.29, 0.717) is 32.5 Å². The van der Waals surface area contributed by atoms with Crippen LogP contribution in [0.3, 0.4) is 0 Å². The molecule has 2 heterocycles. The number of carbonyl (C=O) groups is 1. The van der Waals surface area contributed by atoms with Crippen LogP contribution in [0.25, 0.3) is 28.0 Å². The molecule has 35 heavy (non-hydrogen) atoms. The first kappa shape index (κ1) is 23.3. The Labute approximate surface area is 215 Å². The third kappa shape index (κ3) is 4.86. The molecule has 1 amide bonds. The van der Waals surface area contributed by atoms with E-state index in [9.17, 15) is 4.79 Å². The van der Waals surface area contributed by atoms with Crippen molar-refractivity contribution in [3.63, 3.8) is 0 Å². The zero-order valence-electron chi connectivity index (χ0n) is 18.5. The van der Waals surface area contributed by atoms with Crippen molar-refractivity contribution in [1.82, 2.24) is 19.7 Å². The van der Waals surface area contributed by atoms with Crippen LogP contribution < -0.4 is 10.1 Å². The quantitative estimate of drug-likeness (QED) is 0.239. The van der Waals surface area contributed by atoms with Crippen molar-refractivity contribution < 1.29 is 9.53 Å². The number of aromatic amines is 1. The summed E-state index contributed by atoms with van der Waals surface area (Å²) in [6, 6.07) is 20.5. The van der Waals surface area contributed by atoms with Gasteiger partial charge in [0.2, 0.25) is 5.91 Å². The summed E-state index contributed by atoms with van der Waals surface area (Å²) in [6.45, 7) is 0. The molecule has 0 fully saturated rings. The van der Waals surface area contributed by atoms with Crippen molar-refractivity contribution in [3.05, 3.63) is 83.0 Å². The second-order valence-electron chi connectivity index (χ2n) is 7.55. The average molecular weight is 524 g/mol. The van der Waals surface area contributed by atoms with Crippen LogP contribution in [0.4, 0.5) is 5.69 Å². The van der Waals surface area contributed by atoms with Crippen LogP contribution in [-0.2, 0) is 4.79 Å². The molecule has 176 valence electrons. The molecular formula is C25H19Cl2N5O2S. The van der Waals surface area contributed by atoms with Crippen LogP contribution in [-0.4, -0.2) is 38.5 Å². The van der Waals surface area contributed by atoms with Gasteiger partial charge in [-0.25, -0.2) is 0 Å². The molecule has 0 aliphatic rings. The highest BCUT2D eigenvalue weighted by Gasteiger charge is 2.20. The highest BCUT2D eigenvalue weighted by atomic mass is 35.5. The number of fused-ring (bicyclic) bond motifs is 1. The lowest BCUT2D eigenvalue weighted by Crippen LogP contribution is -2.14. The standard InChI is InChI=1S/C25H19Cl2N5O2S/c1-34-22-11-8-16(12-20(22)27)29-23(33)14-35-25-31-30-24(32(25)17-9-6-15(26)7-10-17)19-13-28-21-5-3-2-4-18(19)21/h2-13,28H,14H2,1H3,(H,29,33). The Bertz CT molecular complexity index is 1510. The average Bonchev–Trinajstić information content (AvgIpc) is 3.47. The molecule has 0 saturated carbocycles. The summed E-state index contributed by atoms with van der Waals surface area (Å²) in [6.07, 6.45) is 1.91. The van der Waals surface area contributed by atoms with E-state index in [1.807, 2.05) is 59.3 Å². The summed E-state index contributed by atoms with van der Waals surface area (Å²) in [4.78, 5) is 15.9. The lowest BCUT2D eigenvalue weighted by Gasteiger charge is -2.11. The van der Waals surface area contributed by atoms with Crippen LogP contribution in [0.15, 0.2) is 78.1 Å². The fraction of sp³-hybridized carbons (Fsp3) is 0.0800. The number of halogens is 2. The van der Waals surface area contributed by atoms with Gasteiger partial charge in [-0.05, 0) is 48.5 Å². The Balaban J connectivity index is 1.43. The molecule has 2 aromatic heterocycles. The molecule has 10 heteroatoms. The molecule has 0 bridgehead atoms. The minimum absolute atomic E-state index is 0.128. The largest absolute Gasteiger partial charge is 0.495 e. The van der Waals surface area contributed by atoms with Gasteiger partial charge in [-0.1, -0.05) is 53.2 Å². The minimum atomic E-state index is -0.199. The van der Waals surface area contributed by atoms with E-state index in [1.54, 1.807) is 18.2 Å². The zero-order chi connectivity index (χ0) is 24.4. The van der Waals surface area contributed by atoms with E-state index in [2.05, 4.69) is 20.5 Å². The number of thioether (sulfide) groups is 1. The van der Waals surface area contributed by atoms with Gasteiger partial charge < -0.3 is 15.0 Å². The Kier molecular flexibility index (Phi) is 6.68. The summed E-state index contributed by atoms with van der Waals surface area (Å²) < 4.78 is 7.08. The molecule has 3 aromatic carbocycles. The van der Waals surface area contributed by atoms with Crippen LogP contribution in [0, 0.1) is 0 Å². The molecule has 5 rings (SSSR count). The van der Waals surface area contributed by atoms with E-state index in [0.717, 1.165) is 22.2 Å². The lowest BCUT2D eigenvalue weighted by molar-refractivity contribution is -0.113. The highest BCUT2D eigenvalue weighted by molar-refractivity contribution is 7.99. The first-order chi connectivity index (χ1) is 17.0. The van der Waals surface area contributed by atoms with Gasteiger partial charge in [0.15, 0.2) is 11.0 Å². The number of H-pyrrole nitrogens is 1. The number of hydrogen-bond donors (Lipinski definition) is 2. The smallest absolute Gasteiger partial charge is 0.234 e. The third-order valence-electron chi connectivity index (χ3n) is 5.32. The molecule has 5 aromatic rings. The first-order valence-corrected chi connectivity index (χ1v) is 12.3. The normalized spacial score (nSPS) is 11.1. The molecule has 0 spiro atoms. The second kappa shape index (κ2) is 10.0. The number of methoxy groups -OCH3 is 1. The van der Waals surface area contributed by atoms with Gasteiger partial charge in [-0.3, -0.25) is 9.36 Å². The molecule has 0 aliphatic heterocycles. The molecule has 0 radical (unpaired) electrons. The van der Waals surface area contributed by atoms with E-state index >= 15 is 0 Å². The molecule has 2 N–H and O–H groups in total. The SMILES string of the molecule is COc1ccc(NC(=O)CSc2nnc(-c3c[nH]c4ccccc34)n2-c2ccc(Cl)cc2)cc1Cl. The van der Waals surface area contributed by atoms with E-state index in [1.165, 1.54) is 18.9 Å². The number of carbonyl (C=O) groups excluding carboxylic acids is 1. The summed E-state index contributed by atoms with van der Waals surface area (Å²) in [5, 5.41) is 14.4. The number of rotatable bonds is 7. The number of amides is 1. The van der Waals surface area contributed by atoms with Crippen LogP contribution in [0.1, 0.15) is 0 Å². The maximum Gasteiger partial charge on any atom is 0.234 e.